The maximum Gasteiger partial charge on any atom is 0.161 e. The van der Waals surface area contributed by atoms with Gasteiger partial charge in [0, 0.05) is 58.4 Å². The fourth-order valence-corrected chi connectivity index (χ4v) is 5.25. The molecule has 2 aliphatic carbocycles. The summed E-state index contributed by atoms with van der Waals surface area (Å²) in [5, 5.41) is 0. The quantitative estimate of drug-likeness (QED) is 0.534. The smallest absolute Gasteiger partial charge is 0.161 e. The molecule has 0 atom stereocenters. The minimum absolute atomic E-state index is 0.174. The molecule has 29 heavy (non-hydrogen) atoms. The van der Waals surface area contributed by atoms with Crippen LogP contribution in [0.25, 0.3) is 0 Å². The SMILES string of the molecule is CCCCOc1ccc(Br)cc1C1C2=C(CCCC2=O)N(C)C2=C1C(=O)CCC2. The van der Waals surface area contributed by atoms with Crippen molar-refractivity contribution in [3.8, 4) is 5.75 Å². The van der Waals surface area contributed by atoms with Gasteiger partial charge in [0.05, 0.1) is 6.61 Å². The lowest BCUT2D eigenvalue weighted by Crippen LogP contribution is -2.37. The number of hydrogen-bond donors (Lipinski definition) is 0. The summed E-state index contributed by atoms with van der Waals surface area (Å²) in [5.41, 5.74) is 4.75. The molecule has 0 fully saturated rings. The van der Waals surface area contributed by atoms with Gasteiger partial charge in [0.25, 0.3) is 0 Å². The van der Waals surface area contributed by atoms with Gasteiger partial charge in [-0.15, -0.1) is 0 Å². The second-order valence-corrected chi connectivity index (χ2v) is 9.07. The molecule has 0 saturated carbocycles. The molecular formula is C24H28BrNO3. The van der Waals surface area contributed by atoms with Crippen LogP contribution in [0.3, 0.4) is 0 Å². The number of carbonyl (C=O) groups excluding carboxylic acids is 2. The molecule has 0 spiro atoms. The van der Waals surface area contributed by atoms with Crippen LogP contribution in [0.15, 0.2) is 45.2 Å². The zero-order valence-electron chi connectivity index (χ0n) is 17.2. The number of rotatable bonds is 5. The van der Waals surface area contributed by atoms with Crippen molar-refractivity contribution in [1.82, 2.24) is 4.90 Å². The van der Waals surface area contributed by atoms with E-state index < -0.39 is 0 Å². The maximum atomic E-state index is 13.1. The van der Waals surface area contributed by atoms with Gasteiger partial charge < -0.3 is 9.64 Å². The van der Waals surface area contributed by atoms with Crippen molar-refractivity contribution in [2.75, 3.05) is 13.7 Å². The van der Waals surface area contributed by atoms with Crippen LogP contribution in [-0.4, -0.2) is 30.1 Å². The first-order valence-electron chi connectivity index (χ1n) is 10.7. The van der Waals surface area contributed by atoms with Crippen LogP contribution in [0, 0.1) is 0 Å². The number of unbranched alkanes of at least 4 members (excludes halogenated alkanes) is 1. The number of halogens is 1. The average molecular weight is 458 g/mol. The Bertz CT molecular complexity index is 871. The molecule has 1 heterocycles. The topological polar surface area (TPSA) is 46.6 Å². The van der Waals surface area contributed by atoms with Crippen molar-refractivity contribution in [3.05, 3.63) is 50.8 Å². The molecule has 0 bridgehead atoms. The largest absolute Gasteiger partial charge is 0.493 e. The summed E-state index contributed by atoms with van der Waals surface area (Å²) in [6.45, 7) is 2.77. The highest BCUT2D eigenvalue weighted by atomic mass is 79.9. The second kappa shape index (κ2) is 8.47. The Kier molecular flexibility index (Phi) is 5.95. The number of carbonyl (C=O) groups is 2. The van der Waals surface area contributed by atoms with Crippen LogP contribution in [0.4, 0.5) is 0 Å². The third-order valence-corrected chi connectivity index (χ3v) is 6.78. The number of Topliss-reactive ketones (excluding diaryl/α,β-unsaturated/α-hetero) is 2. The van der Waals surface area contributed by atoms with Gasteiger partial charge >= 0.3 is 0 Å². The normalized spacial score (nSPS) is 20.2. The number of ketones is 2. The molecule has 1 aromatic carbocycles. The van der Waals surface area contributed by atoms with Gasteiger partial charge in [-0.25, -0.2) is 0 Å². The van der Waals surface area contributed by atoms with Crippen molar-refractivity contribution < 1.29 is 14.3 Å². The Morgan fingerprint density at radius 3 is 2.24 bits per heavy atom. The number of ether oxygens (including phenoxy) is 1. The van der Waals surface area contributed by atoms with Crippen molar-refractivity contribution in [2.24, 2.45) is 0 Å². The summed E-state index contributed by atoms with van der Waals surface area (Å²) in [7, 11) is 2.03. The van der Waals surface area contributed by atoms with E-state index in [0.29, 0.717) is 19.4 Å². The van der Waals surface area contributed by atoms with Crippen molar-refractivity contribution >= 4 is 27.5 Å². The van der Waals surface area contributed by atoms with E-state index in [1.165, 1.54) is 0 Å². The molecule has 4 nitrogen and oxygen atoms in total. The van der Waals surface area contributed by atoms with E-state index in [2.05, 4.69) is 27.8 Å². The van der Waals surface area contributed by atoms with E-state index in [9.17, 15) is 9.59 Å². The van der Waals surface area contributed by atoms with E-state index in [-0.39, 0.29) is 17.5 Å². The molecule has 4 rings (SSSR count). The molecular weight excluding hydrogens is 430 g/mol. The lowest BCUT2D eigenvalue weighted by Gasteiger charge is -2.42. The first kappa shape index (κ1) is 20.4. The van der Waals surface area contributed by atoms with Crippen LogP contribution in [0.1, 0.15) is 69.8 Å². The molecule has 154 valence electrons. The molecule has 0 amide bonds. The molecule has 0 saturated heterocycles. The van der Waals surface area contributed by atoms with Crippen LogP contribution < -0.4 is 4.74 Å². The van der Waals surface area contributed by atoms with Gasteiger partial charge in [0.1, 0.15) is 5.75 Å². The van der Waals surface area contributed by atoms with E-state index in [4.69, 9.17) is 4.74 Å². The van der Waals surface area contributed by atoms with Crippen LogP contribution in [-0.2, 0) is 9.59 Å². The first-order chi connectivity index (χ1) is 14.0. The zero-order valence-corrected chi connectivity index (χ0v) is 18.8. The minimum atomic E-state index is -0.314. The van der Waals surface area contributed by atoms with Gasteiger partial charge in [-0.05, 0) is 50.3 Å². The summed E-state index contributed by atoms with van der Waals surface area (Å²) in [4.78, 5) is 28.4. The minimum Gasteiger partial charge on any atom is -0.493 e. The Balaban J connectivity index is 1.90. The van der Waals surface area contributed by atoms with Crippen molar-refractivity contribution in [1.29, 1.82) is 0 Å². The monoisotopic (exact) mass is 457 g/mol. The molecule has 0 aromatic heterocycles. The Morgan fingerprint density at radius 2 is 1.66 bits per heavy atom. The van der Waals surface area contributed by atoms with Gasteiger partial charge in [-0.2, -0.15) is 0 Å². The fraction of sp³-hybridized carbons (Fsp3) is 0.500. The molecule has 5 heteroatoms. The summed E-state index contributed by atoms with van der Waals surface area (Å²) in [6, 6.07) is 5.97. The standard InChI is InChI=1S/C24H28BrNO3/c1-3-4-13-29-21-12-11-15(25)14-16(21)22-23-17(7-5-9-19(23)27)26(2)18-8-6-10-20(28)24(18)22/h11-12,14,22H,3-10,13H2,1-2H3. The summed E-state index contributed by atoms with van der Waals surface area (Å²) >= 11 is 3.59. The molecule has 3 aliphatic rings. The van der Waals surface area contributed by atoms with Crippen LogP contribution in [0.5, 0.6) is 5.75 Å². The highest BCUT2D eigenvalue weighted by Crippen LogP contribution is 2.50. The fourth-order valence-electron chi connectivity index (χ4n) is 4.87. The Hall–Kier alpha value is -1.88. The third kappa shape index (κ3) is 3.70. The number of allylic oxidation sites excluding steroid dienone is 4. The predicted octanol–water partition coefficient (Wildman–Crippen LogP) is 5.67. The zero-order chi connectivity index (χ0) is 20.5. The van der Waals surface area contributed by atoms with Gasteiger partial charge in [0.15, 0.2) is 11.6 Å². The average Bonchev–Trinajstić information content (AvgIpc) is 2.71. The van der Waals surface area contributed by atoms with Crippen molar-refractivity contribution in [3.63, 3.8) is 0 Å². The van der Waals surface area contributed by atoms with E-state index in [1.807, 2.05) is 25.2 Å². The summed E-state index contributed by atoms with van der Waals surface area (Å²) in [6.07, 6.45) is 6.68. The van der Waals surface area contributed by atoms with E-state index in [1.54, 1.807) is 0 Å². The molecule has 0 N–H and O–H groups in total. The first-order valence-corrected chi connectivity index (χ1v) is 11.5. The Labute approximate surface area is 181 Å². The number of nitrogens with zero attached hydrogens (tertiary/aromatic N) is 1. The van der Waals surface area contributed by atoms with Gasteiger partial charge in [0.2, 0.25) is 0 Å². The van der Waals surface area contributed by atoms with E-state index in [0.717, 1.165) is 76.9 Å². The van der Waals surface area contributed by atoms with Gasteiger partial charge in [-0.1, -0.05) is 29.3 Å². The summed E-state index contributed by atoms with van der Waals surface area (Å²) in [5.74, 6) is 0.817. The second-order valence-electron chi connectivity index (χ2n) is 8.15. The lowest BCUT2D eigenvalue weighted by molar-refractivity contribution is -0.117. The van der Waals surface area contributed by atoms with Crippen molar-refractivity contribution in [2.45, 2.75) is 64.2 Å². The highest BCUT2D eigenvalue weighted by molar-refractivity contribution is 9.10. The molecule has 1 aromatic rings. The molecule has 1 aliphatic heterocycles. The Morgan fingerprint density at radius 1 is 1.03 bits per heavy atom. The predicted molar refractivity (Wildman–Crippen MR) is 117 cm³/mol. The molecule has 0 radical (unpaired) electrons. The van der Waals surface area contributed by atoms with Crippen LogP contribution >= 0.6 is 15.9 Å². The third-order valence-electron chi connectivity index (χ3n) is 6.28. The lowest BCUT2D eigenvalue weighted by atomic mass is 9.71. The maximum absolute atomic E-state index is 13.1. The molecule has 0 unspecified atom stereocenters. The van der Waals surface area contributed by atoms with E-state index >= 15 is 0 Å². The highest BCUT2D eigenvalue weighted by Gasteiger charge is 2.43. The summed E-state index contributed by atoms with van der Waals surface area (Å²) < 4.78 is 7.08. The van der Waals surface area contributed by atoms with Crippen LogP contribution in [0.2, 0.25) is 0 Å². The number of hydrogen-bond acceptors (Lipinski definition) is 4. The van der Waals surface area contributed by atoms with Gasteiger partial charge in [-0.3, -0.25) is 9.59 Å². The number of benzene rings is 1.